The smallest absolute Gasteiger partial charge is 0.481 e. The number of benzene rings is 1. The summed E-state index contributed by atoms with van der Waals surface area (Å²) in [6, 6.07) is 7.97. The van der Waals surface area contributed by atoms with Gasteiger partial charge in [0.05, 0.1) is 12.7 Å². The van der Waals surface area contributed by atoms with Crippen LogP contribution in [0.4, 0.5) is 18.9 Å². The maximum Gasteiger partial charge on any atom is 0.573 e. The molecule has 0 saturated carbocycles. The summed E-state index contributed by atoms with van der Waals surface area (Å²) in [6.07, 6.45) is -3.49. The summed E-state index contributed by atoms with van der Waals surface area (Å²) in [6.45, 7) is 0. The van der Waals surface area contributed by atoms with Gasteiger partial charge in [-0.2, -0.15) is 0 Å². The summed E-state index contributed by atoms with van der Waals surface area (Å²) in [5.74, 6) is -0.588. The van der Waals surface area contributed by atoms with Crippen LogP contribution in [0.5, 0.6) is 11.6 Å². The number of hydrogen-bond donors (Lipinski definition) is 1. The minimum absolute atomic E-state index is 0.169. The molecule has 5 nitrogen and oxygen atoms in total. The van der Waals surface area contributed by atoms with E-state index in [2.05, 4.69) is 15.0 Å². The molecule has 1 aromatic heterocycles. The number of nitrogens with zero attached hydrogens (tertiary/aromatic N) is 1. The lowest BCUT2D eigenvalue weighted by Gasteiger charge is -2.10. The van der Waals surface area contributed by atoms with Crippen LogP contribution in [-0.4, -0.2) is 24.4 Å². The van der Waals surface area contributed by atoms with E-state index in [9.17, 15) is 18.0 Å². The fraction of sp³-hybridized carbons (Fsp3) is 0.143. The highest BCUT2D eigenvalue weighted by Crippen LogP contribution is 2.25. The lowest BCUT2D eigenvalue weighted by atomic mass is 10.2. The van der Waals surface area contributed by atoms with Crippen LogP contribution in [0.15, 0.2) is 42.6 Å². The summed E-state index contributed by atoms with van der Waals surface area (Å²) in [5, 5.41) is 2.45. The van der Waals surface area contributed by atoms with Gasteiger partial charge in [-0.25, -0.2) is 4.98 Å². The first-order valence-electron chi connectivity index (χ1n) is 6.04. The van der Waals surface area contributed by atoms with Gasteiger partial charge < -0.3 is 14.8 Å². The lowest BCUT2D eigenvalue weighted by Crippen LogP contribution is -2.17. The van der Waals surface area contributed by atoms with Crippen LogP contribution in [0.25, 0.3) is 0 Å². The standard InChI is InChI=1S/C14H11F3N2O3/c1-21-12-6-5-9(8-18-12)13(20)19-10-3-2-4-11(7-10)22-14(15,16)17/h2-8H,1H3,(H,19,20). The predicted molar refractivity (Wildman–Crippen MR) is 71.9 cm³/mol. The Bertz CT molecular complexity index is 657. The molecule has 0 fully saturated rings. The number of rotatable bonds is 4. The van der Waals surface area contributed by atoms with Gasteiger partial charge in [0.2, 0.25) is 5.88 Å². The van der Waals surface area contributed by atoms with E-state index in [0.29, 0.717) is 5.88 Å². The van der Waals surface area contributed by atoms with Crippen molar-refractivity contribution in [3.05, 3.63) is 48.2 Å². The molecule has 0 aliphatic carbocycles. The van der Waals surface area contributed by atoms with Gasteiger partial charge in [0, 0.05) is 24.0 Å². The predicted octanol–water partition coefficient (Wildman–Crippen LogP) is 3.24. The molecule has 0 aliphatic rings. The topological polar surface area (TPSA) is 60.5 Å². The molecule has 0 spiro atoms. The minimum Gasteiger partial charge on any atom is -0.481 e. The van der Waals surface area contributed by atoms with Gasteiger partial charge in [0.25, 0.3) is 5.91 Å². The molecule has 1 N–H and O–H groups in total. The van der Waals surface area contributed by atoms with Crippen molar-refractivity contribution in [2.24, 2.45) is 0 Å². The van der Waals surface area contributed by atoms with E-state index in [4.69, 9.17) is 4.74 Å². The van der Waals surface area contributed by atoms with Crippen LogP contribution in [0.1, 0.15) is 10.4 Å². The summed E-state index contributed by atoms with van der Waals surface area (Å²) < 4.78 is 45.1. The molecule has 22 heavy (non-hydrogen) atoms. The highest BCUT2D eigenvalue weighted by atomic mass is 19.4. The van der Waals surface area contributed by atoms with Crippen molar-refractivity contribution in [3.8, 4) is 11.6 Å². The van der Waals surface area contributed by atoms with Crippen LogP contribution in [0.3, 0.4) is 0 Å². The van der Waals surface area contributed by atoms with E-state index in [1.54, 1.807) is 0 Å². The maximum absolute atomic E-state index is 12.1. The molecule has 1 amide bonds. The Hall–Kier alpha value is -2.77. The first kappa shape index (κ1) is 15.6. The van der Waals surface area contributed by atoms with Crippen LogP contribution in [0, 0.1) is 0 Å². The number of hydrogen-bond acceptors (Lipinski definition) is 4. The molecule has 0 atom stereocenters. The van der Waals surface area contributed by atoms with E-state index in [0.717, 1.165) is 12.1 Å². The molecule has 2 aromatic rings. The van der Waals surface area contributed by atoms with Crippen molar-refractivity contribution in [3.63, 3.8) is 0 Å². The number of amides is 1. The van der Waals surface area contributed by atoms with E-state index >= 15 is 0 Å². The average molecular weight is 312 g/mol. The largest absolute Gasteiger partial charge is 0.573 e. The van der Waals surface area contributed by atoms with Gasteiger partial charge in [0.15, 0.2) is 0 Å². The van der Waals surface area contributed by atoms with Crippen molar-refractivity contribution >= 4 is 11.6 Å². The molecule has 116 valence electrons. The van der Waals surface area contributed by atoms with Gasteiger partial charge in [-0.1, -0.05) is 6.07 Å². The Morgan fingerprint density at radius 1 is 1.23 bits per heavy atom. The molecule has 2 rings (SSSR count). The number of ether oxygens (including phenoxy) is 2. The number of nitrogens with one attached hydrogen (secondary N) is 1. The number of pyridine rings is 1. The van der Waals surface area contributed by atoms with Gasteiger partial charge in [-0.3, -0.25) is 4.79 Å². The zero-order valence-electron chi connectivity index (χ0n) is 11.3. The number of anilines is 1. The van der Waals surface area contributed by atoms with Gasteiger partial charge in [-0.15, -0.1) is 13.2 Å². The van der Waals surface area contributed by atoms with Crippen LogP contribution in [-0.2, 0) is 0 Å². The van der Waals surface area contributed by atoms with E-state index in [1.807, 2.05) is 0 Å². The quantitative estimate of drug-likeness (QED) is 0.941. The Morgan fingerprint density at radius 3 is 2.59 bits per heavy atom. The molecule has 1 aromatic carbocycles. The second-order valence-corrected chi connectivity index (χ2v) is 4.12. The normalized spacial score (nSPS) is 10.9. The lowest BCUT2D eigenvalue weighted by molar-refractivity contribution is -0.274. The molecule has 0 unspecified atom stereocenters. The Balaban J connectivity index is 2.09. The zero-order valence-corrected chi connectivity index (χ0v) is 11.3. The SMILES string of the molecule is COc1ccc(C(=O)Nc2cccc(OC(F)(F)F)c2)cn1. The van der Waals surface area contributed by atoms with Gasteiger partial charge in [0.1, 0.15) is 5.75 Å². The molecular weight excluding hydrogens is 301 g/mol. The van der Waals surface area contributed by atoms with Crippen molar-refractivity contribution in [1.82, 2.24) is 4.98 Å². The van der Waals surface area contributed by atoms with Gasteiger partial charge in [-0.05, 0) is 18.2 Å². The molecular formula is C14H11F3N2O3. The number of aromatic nitrogens is 1. The maximum atomic E-state index is 12.1. The van der Waals surface area contributed by atoms with E-state index in [-0.39, 0.29) is 11.3 Å². The first-order valence-corrected chi connectivity index (χ1v) is 6.04. The van der Waals surface area contributed by atoms with Crippen molar-refractivity contribution < 1.29 is 27.4 Å². The Labute approximate surface area is 123 Å². The van der Waals surface area contributed by atoms with Crippen molar-refractivity contribution in [2.75, 3.05) is 12.4 Å². The fourth-order valence-electron chi connectivity index (χ4n) is 1.61. The Kier molecular flexibility index (Phi) is 4.50. The second-order valence-electron chi connectivity index (χ2n) is 4.12. The molecule has 8 heteroatoms. The molecule has 0 radical (unpaired) electrons. The van der Waals surface area contributed by atoms with E-state index < -0.39 is 18.0 Å². The summed E-state index contributed by atoms with van der Waals surface area (Å²) >= 11 is 0. The number of halogens is 3. The number of carbonyl (C=O) groups is 1. The first-order chi connectivity index (χ1) is 10.4. The van der Waals surface area contributed by atoms with Crippen LogP contribution >= 0.6 is 0 Å². The average Bonchev–Trinajstić information content (AvgIpc) is 2.46. The molecule has 0 aliphatic heterocycles. The van der Waals surface area contributed by atoms with Gasteiger partial charge >= 0.3 is 6.36 Å². The highest BCUT2D eigenvalue weighted by molar-refractivity contribution is 6.04. The van der Waals surface area contributed by atoms with E-state index in [1.165, 1.54) is 37.6 Å². The van der Waals surface area contributed by atoms with Crippen molar-refractivity contribution in [1.29, 1.82) is 0 Å². The molecule has 1 heterocycles. The number of alkyl halides is 3. The number of methoxy groups -OCH3 is 1. The fourth-order valence-corrected chi connectivity index (χ4v) is 1.61. The third-order valence-corrected chi connectivity index (χ3v) is 2.53. The monoisotopic (exact) mass is 312 g/mol. The van der Waals surface area contributed by atoms with Crippen LogP contribution in [0.2, 0.25) is 0 Å². The molecule has 0 saturated heterocycles. The number of carbonyl (C=O) groups excluding carboxylic acids is 1. The third-order valence-electron chi connectivity index (χ3n) is 2.53. The third kappa shape index (κ3) is 4.37. The van der Waals surface area contributed by atoms with Crippen LogP contribution < -0.4 is 14.8 Å². The van der Waals surface area contributed by atoms with Crippen molar-refractivity contribution in [2.45, 2.75) is 6.36 Å². The summed E-state index contributed by atoms with van der Waals surface area (Å²) in [5.41, 5.74) is 0.408. The Morgan fingerprint density at radius 2 is 2.00 bits per heavy atom. The zero-order chi connectivity index (χ0) is 16.2. The summed E-state index contributed by atoms with van der Waals surface area (Å²) in [4.78, 5) is 15.8. The second kappa shape index (κ2) is 6.33. The minimum atomic E-state index is -4.79. The highest BCUT2D eigenvalue weighted by Gasteiger charge is 2.31. The molecule has 0 bridgehead atoms. The summed E-state index contributed by atoms with van der Waals surface area (Å²) in [7, 11) is 1.44.